The number of hydrogen-bond donors (Lipinski definition) is 2. The number of ether oxygens (including phenoxy) is 1. The molecule has 0 aliphatic heterocycles. The summed E-state index contributed by atoms with van der Waals surface area (Å²) in [5.41, 5.74) is 0.400. The minimum atomic E-state index is -0.655. The highest BCUT2D eigenvalue weighted by molar-refractivity contribution is 5.29. The second-order valence-corrected chi connectivity index (χ2v) is 4.12. The van der Waals surface area contributed by atoms with E-state index in [4.69, 9.17) is 15.1 Å². The van der Waals surface area contributed by atoms with E-state index in [9.17, 15) is 0 Å². The Kier molecular flexibility index (Phi) is 4.95. The number of rotatable bonds is 6. The number of aliphatic hydroxyl groups is 1. The predicted octanol–water partition coefficient (Wildman–Crippen LogP) is 1.10. The first kappa shape index (κ1) is 13.5. The van der Waals surface area contributed by atoms with Crippen LogP contribution in [0.1, 0.15) is 12.5 Å². The summed E-state index contributed by atoms with van der Waals surface area (Å²) in [6.07, 6.45) is 0.591. The van der Waals surface area contributed by atoms with Gasteiger partial charge in [-0.15, -0.1) is 0 Å². The van der Waals surface area contributed by atoms with Gasteiger partial charge in [0.2, 0.25) is 0 Å². The summed E-state index contributed by atoms with van der Waals surface area (Å²) in [5, 5.41) is 21.0. The van der Waals surface area contributed by atoms with Crippen molar-refractivity contribution in [2.24, 2.45) is 0 Å². The Hall–Kier alpha value is -1.57. The summed E-state index contributed by atoms with van der Waals surface area (Å²) in [6, 6.07) is 9.86. The van der Waals surface area contributed by atoms with Crippen LogP contribution in [-0.4, -0.2) is 30.9 Å². The molecule has 0 amide bonds. The highest BCUT2D eigenvalue weighted by Crippen LogP contribution is 2.16. The van der Waals surface area contributed by atoms with E-state index >= 15 is 0 Å². The van der Waals surface area contributed by atoms with E-state index in [2.05, 4.69) is 11.4 Å². The SMILES string of the molecule is COc1ccc(CC(C)(C#N)NCCO)cc1. The molecule has 1 rings (SSSR count). The average Bonchev–Trinajstić information content (AvgIpc) is 2.37. The number of nitrogens with one attached hydrogen (secondary N) is 1. The van der Waals surface area contributed by atoms with Crippen LogP contribution in [0.15, 0.2) is 24.3 Å². The van der Waals surface area contributed by atoms with E-state index in [-0.39, 0.29) is 6.61 Å². The summed E-state index contributed by atoms with van der Waals surface area (Å²) < 4.78 is 5.08. The molecule has 0 aromatic heterocycles. The van der Waals surface area contributed by atoms with Gasteiger partial charge in [-0.05, 0) is 24.6 Å². The van der Waals surface area contributed by atoms with Crippen LogP contribution in [0.4, 0.5) is 0 Å². The van der Waals surface area contributed by atoms with Crippen LogP contribution in [0.2, 0.25) is 0 Å². The summed E-state index contributed by atoms with van der Waals surface area (Å²) in [4.78, 5) is 0. The Bertz CT molecular complexity index is 383. The molecule has 2 N–H and O–H groups in total. The van der Waals surface area contributed by atoms with E-state index in [1.54, 1.807) is 7.11 Å². The minimum Gasteiger partial charge on any atom is -0.497 e. The number of hydrogen-bond acceptors (Lipinski definition) is 4. The molecule has 0 saturated carbocycles. The third kappa shape index (κ3) is 4.06. The number of methoxy groups -OCH3 is 1. The van der Waals surface area contributed by atoms with Crippen molar-refractivity contribution in [1.29, 1.82) is 5.26 Å². The standard InChI is InChI=1S/C13H18N2O2/c1-13(10-14,15-7-8-16)9-11-3-5-12(17-2)6-4-11/h3-6,15-16H,7-9H2,1-2H3. The molecule has 1 atom stereocenters. The van der Waals surface area contributed by atoms with Gasteiger partial charge in [-0.3, -0.25) is 5.32 Å². The Morgan fingerprint density at radius 3 is 2.53 bits per heavy atom. The van der Waals surface area contributed by atoms with Crippen LogP contribution < -0.4 is 10.1 Å². The fraction of sp³-hybridized carbons (Fsp3) is 0.462. The Labute approximate surface area is 102 Å². The molecular formula is C13H18N2O2. The highest BCUT2D eigenvalue weighted by Gasteiger charge is 2.23. The molecule has 0 spiro atoms. The van der Waals surface area contributed by atoms with Crippen LogP contribution in [0.25, 0.3) is 0 Å². The maximum Gasteiger partial charge on any atom is 0.118 e. The van der Waals surface area contributed by atoms with Gasteiger partial charge in [0.15, 0.2) is 0 Å². The minimum absolute atomic E-state index is 0.0277. The van der Waals surface area contributed by atoms with Gasteiger partial charge in [-0.2, -0.15) is 5.26 Å². The average molecular weight is 234 g/mol. The topological polar surface area (TPSA) is 65.3 Å². The highest BCUT2D eigenvalue weighted by atomic mass is 16.5. The van der Waals surface area contributed by atoms with E-state index in [1.165, 1.54) is 0 Å². The zero-order valence-electron chi connectivity index (χ0n) is 10.2. The van der Waals surface area contributed by atoms with Crippen molar-refractivity contribution in [3.05, 3.63) is 29.8 Å². The largest absolute Gasteiger partial charge is 0.497 e. The van der Waals surface area contributed by atoms with Gasteiger partial charge in [0.1, 0.15) is 11.3 Å². The summed E-state index contributed by atoms with van der Waals surface area (Å²) in [5.74, 6) is 0.802. The molecule has 17 heavy (non-hydrogen) atoms. The van der Waals surface area contributed by atoms with Crippen molar-refractivity contribution in [1.82, 2.24) is 5.32 Å². The maximum atomic E-state index is 9.16. The van der Waals surface area contributed by atoms with E-state index in [0.29, 0.717) is 13.0 Å². The molecule has 0 bridgehead atoms. The van der Waals surface area contributed by atoms with Gasteiger partial charge in [-0.25, -0.2) is 0 Å². The Morgan fingerprint density at radius 2 is 2.06 bits per heavy atom. The fourth-order valence-corrected chi connectivity index (χ4v) is 1.62. The van der Waals surface area contributed by atoms with Gasteiger partial charge in [0.05, 0.1) is 19.8 Å². The van der Waals surface area contributed by atoms with Crippen molar-refractivity contribution in [2.75, 3.05) is 20.3 Å². The second-order valence-electron chi connectivity index (χ2n) is 4.12. The Balaban J connectivity index is 2.70. The smallest absolute Gasteiger partial charge is 0.118 e. The predicted molar refractivity (Wildman–Crippen MR) is 65.8 cm³/mol. The molecule has 0 saturated heterocycles. The third-order valence-corrected chi connectivity index (χ3v) is 2.59. The van der Waals surface area contributed by atoms with Gasteiger partial charge < -0.3 is 9.84 Å². The second kappa shape index (κ2) is 6.24. The molecule has 1 unspecified atom stereocenters. The van der Waals surface area contributed by atoms with Crippen LogP contribution in [0.3, 0.4) is 0 Å². The van der Waals surface area contributed by atoms with Gasteiger partial charge in [-0.1, -0.05) is 12.1 Å². The molecule has 1 aromatic carbocycles. The molecule has 4 heteroatoms. The quantitative estimate of drug-likeness (QED) is 0.773. The van der Waals surface area contributed by atoms with Crippen molar-refractivity contribution >= 4 is 0 Å². The van der Waals surface area contributed by atoms with E-state index in [1.807, 2.05) is 31.2 Å². The van der Waals surface area contributed by atoms with Crippen molar-refractivity contribution in [2.45, 2.75) is 18.9 Å². The zero-order chi connectivity index (χ0) is 12.7. The molecular weight excluding hydrogens is 216 g/mol. The van der Waals surface area contributed by atoms with Crippen molar-refractivity contribution < 1.29 is 9.84 Å². The van der Waals surface area contributed by atoms with Crippen LogP contribution in [0, 0.1) is 11.3 Å². The van der Waals surface area contributed by atoms with Crippen LogP contribution >= 0.6 is 0 Å². The lowest BCUT2D eigenvalue weighted by Crippen LogP contribution is -2.44. The van der Waals surface area contributed by atoms with Crippen molar-refractivity contribution in [3.63, 3.8) is 0 Å². The number of nitrogens with zero attached hydrogens (tertiary/aromatic N) is 1. The van der Waals surface area contributed by atoms with Crippen LogP contribution in [0.5, 0.6) is 5.75 Å². The molecule has 1 aromatic rings. The lowest BCUT2D eigenvalue weighted by Gasteiger charge is -2.23. The summed E-state index contributed by atoms with van der Waals surface area (Å²) in [6.45, 7) is 2.27. The first-order valence-electron chi connectivity index (χ1n) is 5.53. The van der Waals surface area contributed by atoms with Crippen molar-refractivity contribution in [3.8, 4) is 11.8 Å². The first-order chi connectivity index (χ1) is 8.13. The molecule has 4 nitrogen and oxygen atoms in total. The summed E-state index contributed by atoms with van der Waals surface area (Å²) in [7, 11) is 1.62. The number of β-amino-alcohol motifs (C(OH)–C–C–N with tert-alkyl or cyclic N) is 1. The molecule has 0 radical (unpaired) electrons. The molecule has 0 aliphatic rings. The normalized spacial score (nSPS) is 13.8. The lowest BCUT2D eigenvalue weighted by molar-refractivity contribution is 0.275. The van der Waals surface area contributed by atoms with Gasteiger partial charge >= 0.3 is 0 Å². The Morgan fingerprint density at radius 1 is 1.41 bits per heavy atom. The van der Waals surface area contributed by atoms with E-state index in [0.717, 1.165) is 11.3 Å². The zero-order valence-corrected chi connectivity index (χ0v) is 10.2. The van der Waals surface area contributed by atoms with Crippen LogP contribution in [-0.2, 0) is 6.42 Å². The molecule has 92 valence electrons. The first-order valence-corrected chi connectivity index (χ1v) is 5.53. The number of nitriles is 1. The molecule has 0 fully saturated rings. The summed E-state index contributed by atoms with van der Waals surface area (Å²) >= 11 is 0. The van der Waals surface area contributed by atoms with Gasteiger partial charge in [0.25, 0.3) is 0 Å². The molecule has 0 heterocycles. The fourth-order valence-electron chi connectivity index (χ4n) is 1.62. The molecule has 0 aliphatic carbocycles. The monoisotopic (exact) mass is 234 g/mol. The van der Waals surface area contributed by atoms with Gasteiger partial charge in [0, 0.05) is 13.0 Å². The number of aliphatic hydroxyl groups excluding tert-OH is 1. The number of benzene rings is 1. The lowest BCUT2D eigenvalue weighted by atomic mass is 9.94. The third-order valence-electron chi connectivity index (χ3n) is 2.59. The maximum absolute atomic E-state index is 9.16. The van der Waals surface area contributed by atoms with E-state index < -0.39 is 5.54 Å².